The molecule has 0 atom stereocenters. The third-order valence-electron chi connectivity index (χ3n) is 3.76. The van der Waals surface area contributed by atoms with Gasteiger partial charge in [0.2, 0.25) is 0 Å². The average Bonchev–Trinajstić information content (AvgIpc) is 2.67. The molecule has 0 aliphatic carbocycles. The fourth-order valence-electron chi connectivity index (χ4n) is 2.37. The van der Waals surface area contributed by atoms with Crippen molar-refractivity contribution in [1.29, 1.82) is 0 Å². The molecule has 144 valence electrons. The third-order valence-corrected chi connectivity index (χ3v) is 3.76. The highest BCUT2D eigenvalue weighted by Crippen LogP contribution is 2.28. The number of ketones is 1. The fourth-order valence-corrected chi connectivity index (χ4v) is 2.37. The van der Waals surface area contributed by atoms with Crippen molar-refractivity contribution in [3.05, 3.63) is 95.6 Å². The van der Waals surface area contributed by atoms with E-state index in [4.69, 9.17) is 4.74 Å². The first-order valence-corrected chi connectivity index (χ1v) is 8.18. The highest BCUT2D eigenvalue weighted by atomic mass is 19.3. The van der Waals surface area contributed by atoms with Gasteiger partial charge in [0.25, 0.3) is 5.78 Å². The number of hydrogen-bond acceptors (Lipinski definition) is 3. The normalized spacial score (nSPS) is 11.1. The predicted octanol–water partition coefficient (Wildman–Crippen LogP) is 5.40. The van der Waals surface area contributed by atoms with E-state index in [0.29, 0.717) is 30.6 Å². The van der Waals surface area contributed by atoms with Crippen LogP contribution in [0.4, 0.5) is 17.6 Å². The summed E-state index contributed by atoms with van der Waals surface area (Å²) >= 11 is 0. The average molecular weight is 390 g/mol. The molecule has 0 spiro atoms. The van der Waals surface area contributed by atoms with E-state index >= 15 is 0 Å². The molecule has 3 nitrogen and oxygen atoms in total. The topological polar surface area (TPSA) is 35.5 Å². The van der Waals surface area contributed by atoms with Crippen molar-refractivity contribution in [2.45, 2.75) is 12.7 Å². The van der Waals surface area contributed by atoms with Gasteiger partial charge in [-0.3, -0.25) is 4.79 Å². The largest absolute Gasteiger partial charge is 0.489 e. The first kappa shape index (κ1) is 19.4. The molecule has 0 fully saturated rings. The molecule has 0 radical (unpaired) electrons. The number of carbonyl (C=O) groups excluding carboxylic acids is 1. The zero-order valence-electron chi connectivity index (χ0n) is 14.4. The standard InChI is InChI=1S/C21H14F4O3/c22-15-6-11-18(19(23)12-15)20(26)21(24,25)28-17-9-7-16(8-10-17)27-13-14-4-2-1-3-5-14/h1-12H,13H2. The van der Waals surface area contributed by atoms with Crippen molar-refractivity contribution in [3.63, 3.8) is 0 Å². The molecule has 28 heavy (non-hydrogen) atoms. The molecular formula is C21H14F4O3. The van der Waals surface area contributed by atoms with Gasteiger partial charge in [0.05, 0.1) is 5.56 Å². The van der Waals surface area contributed by atoms with Crippen LogP contribution in [0.5, 0.6) is 11.5 Å². The van der Waals surface area contributed by atoms with E-state index in [1.165, 1.54) is 24.3 Å². The summed E-state index contributed by atoms with van der Waals surface area (Å²) in [5, 5.41) is 0. The molecule has 0 saturated carbocycles. The maximum atomic E-state index is 14.1. The maximum Gasteiger partial charge on any atom is 0.466 e. The van der Waals surface area contributed by atoms with Crippen LogP contribution in [0.25, 0.3) is 0 Å². The van der Waals surface area contributed by atoms with Crippen LogP contribution in [0.1, 0.15) is 15.9 Å². The first-order valence-electron chi connectivity index (χ1n) is 8.18. The Morgan fingerprint density at radius 3 is 2.14 bits per heavy atom. The number of rotatable bonds is 7. The Labute approximate surface area is 158 Å². The van der Waals surface area contributed by atoms with Crippen molar-refractivity contribution in [3.8, 4) is 11.5 Å². The Bertz CT molecular complexity index is 957. The van der Waals surface area contributed by atoms with Crippen LogP contribution in [0.3, 0.4) is 0 Å². The SMILES string of the molecule is O=C(c1ccc(F)cc1F)C(F)(F)Oc1ccc(OCc2ccccc2)cc1. The zero-order valence-corrected chi connectivity index (χ0v) is 14.4. The van der Waals surface area contributed by atoms with Gasteiger partial charge in [-0.1, -0.05) is 30.3 Å². The van der Waals surface area contributed by atoms with Gasteiger partial charge < -0.3 is 9.47 Å². The van der Waals surface area contributed by atoms with Gasteiger partial charge in [-0.2, -0.15) is 8.78 Å². The molecule has 0 unspecified atom stereocenters. The molecule has 0 amide bonds. The van der Waals surface area contributed by atoms with Crippen molar-refractivity contribution in [2.75, 3.05) is 0 Å². The van der Waals surface area contributed by atoms with Crippen LogP contribution in [0.2, 0.25) is 0 Å². The minimum absolute atomic E-state index is 0.291. The second kappa shape index (κ2) is 8.12. The summed E-state index contributed by atoms with van der Waals surface area (Å²) in [4.78, 5) is 11.9. The minimum atomic E-state index is -4.33. The summed E-state index contributed by atoms with van der Waals surface area (Å²) in [6.45, 7) is 0.291. The Morgan fingerprint density at radius 2 is 1.50 bits per heavy atom. The van der Waals surface area contributed by atoms with E-state index < -0.39 is 29.1 Å². The van der Waals surface area contributed by atoms with E-state index in [2.05, 4.69) is 4.74 Å². The number of alkyl halides is 2. The number of hydrogen-bond donors (Lipinski definition) is 0. The van der Waals surface area contributed by atoms with Gasteiger partial charge >= 0.3 is 6.11 Å². The van der Waals surface area contributed by atoms with Gasteiger partial charge in [0, 0.05) is 6.07 Å². The lowest BCUT2D eigenvalue weighted by atomic mass is 10.1. The zero-order chi connectivity index (χ0) is 20.1. The quantitative estimate of drug-likeness (QED) is 0.400. The number of ether oxygens (including phenoxy) is 2. The Morgan fingerprint density at radius 1 is 0.857 bits per heavy atom. The molecular weight excluding hydrogens is 376 g/mol. The lowest BCUT2D eigenvalue weighted by molar-refractivity contribution is -0.134. The summed E-state index contributed by atoms with van der Waals surface area (Å²) in [5.41, 5.74) is -0.0319. The Balaban J connectivity index is 1.65. The number of Topliss-reactive ketones (excluding diaryl/α,β-unsaturated/α-hetero) is 1. The van der Waals surface area contributed by atoms with Crippen LogP contribution in [0.15, 0.2) is 72.8 Å². The summed E-state index contributed by atoms with van der Waals surface area (Å²) in [5.74, 6) is -4.18. The molecule has 0 heterocycles. The second-order valence-corrected chi connectivity index (χ2v) is 5.82. The number of halogens is 4. The smallest absolute Gasteiger partial charge is 0.466 e. The maximum absolute atomic E-state index is 14.1. The van der Waals surface area contributed by atoms with Crippen molar-refractivity contribution in [2.24, 2.45) is 0 Å². The molecule has 7 heteroatoms. The lowest BCUT2D eigenvalue weighted by Crippen LogP contribution is -2.35. The van der Waals surface area contributed by atoms with E-state index in [1.807, 2.05) is 30.3 Å². The van der Waals surface area contributed by atoms with Crippen molar-refractivity contribution in [1.82, 2.24) is 0 Å². The number of carbonyl (C=O) groups is 1. The van der Waals surface area contributed by atoms with Crippen LogP contribution < -0.4 is 9.47 Å². The molecule has 0 saturated heterocycles. The monoisotopic (exact) mass is 390 g/mol. The third kappa shape index (κ3) is 4.68. The number of benzene rings is 3. The molecule has 0 aromatic heterocycles. The predicted molar refractivity (Wildman–Crippen MR) is 93.5 cm³/mol. The second-order valence-electron chi connectivity index (χ2n) is 5.82. The van der Waals surface area contributed by atoms with Gasteiger partial charge in [0.15, 0.2) is 0 Å². The minimum Gasteiger partial charge on any atom is -0.489 e. The molecule has 0 bridgehead atoms. The Hall–Kier alpha value is -3.35. The molecule has 3 rings (SSSR count). The molecule has 0 aliphatic rings. The summed E-state index contributed by atoms with van der Waals surface area (Å²) in [6, 6.07) is 16.2. The van der Waals surface area contributed by atoms with Crippen LogP contribution in [-0.2, 0) is 6.61 Å². The van der Waals surface area contributed by atoms with E-state index in [9.17, 15) is 22.4 Å². The van der Waals surface area contributed by atoms with Crippen molar-refractivity contribution < 1.29 is 31.8 Å². The van der Waals surface area contributed by atoms with Gasteiger partial charge in [0.1, 0.15) is 29.7 Å². The Kier molecular flexibility index (Phi) is 5.63. The van der Waals surface area contributed by atoms with Crippen LogP contribution in [-0.4, -0.2) is 11.9 Å². The molecule has 3 aromatic carbocycles. The molecule has 3 aromatic rings. The summed E-state index contributed by atoms with van der Waals surface area (Å²) in [7, 11) is 0. The van der Waals surface area contributed by atoms with E-state index in [1.54, 1.807) is 0 Å². The highest BCUT2D eigenvalue weighted by molar-refractivity contribution is 6.00. The summed E-state index contributed by atoms with van der Waals surface area (Å²) < 4.78 is 64.6. The van der Waals surface area contributed by atoms with E-state index in [-0.39, 0.29) is 5.75 Å². The molecule has 0 aliphatic heterocycles. The first-order chi connectivity index (χ1) is 13.3. The fraction of sp³-hybridized carbons (Fsp3) is 0.0952. The summed E-state index contributed by atoms with van der Waals surface area (Å²) in [6.07, 6.45) is -4.33. The van der Waals surface area contributed by atoms with Gasteiger partial charge in [-0.05, 0) is 42.0 Å². The van der Waals surface area contributed by atoms with E-state index in [0.717, 1.165) is 5.56 Å². The van der Waals surface area contributed by atoms with Gasteiger partial charge in [-0.15, -0.1) is 0 Å². The van der Waals surface area contributed by atoms with Gasteiger partial charge in [-0.25, -0.2) is 8.78 Å². The van der Waals surface area contributed by atoms with Crippen LogP contribution in [0, 0.1) is 11.6 Å². The van der Waals surface area contributed by atoms with Crippen LogP contribution >= 0.6 is 0 Å². The van der Waals surface area contributed by atoms with Crippen molar-refractivity contribution >= 4 is 5.78 Å². The highest BCUT2D eigenvalue weighted by Gasteiger charge is 2.44. The lowest BCUT2D eigenvalue weighted by Gasteiger charge is -2.17. The molecule has 0 N–H and O–H groups in total.